The van der Waals surface area contributed by atoms with E-state index in [1.165, 1.54) is 14.2 Å². The van der Waals surface area contributed by atoms with Gasteiger partial charge in [0.2, 0.25) is 11.8 Å². The maximum Gasteiger partial charge on any atom is 0.239 e. The molecule has 0 aliphatic rings. The number of rotatable bonds is 6. The molecule has 0 heterocycles. The normalized spacial score (nSPS) is 10.9. The zero-order valence-electron chi connectivity index (χ0n) is 16.0. The van der Waals surface area contributed by atoms with Crippen LogP contribution in [-0.2, 0) is 9.59 Å². The summed E-state index contributed by atoms with van der Waals surface area (Å²) < 4.78 is 10.4. The minimum Gasteiger partial charge on any atom is -0.493 e. The Balaban J connectivity index is 2.15. The van der Waals surface area contributed by atoms with Crippen molar-refractivity contribution in [2.24, 2.45) is 5.41 Å². The summed E-state index contributed by atoms with van der Waals surface area (Å²) in [6.07, 6.45) is 0. The van der Waals surface area contributed by atoms with Crippen molar-refractivity contribution in [2.75, 3.05) is 24.9 Å². The van der Waals surface area contributed by atoms with Crippen LogP contribution in [0.1, 0.15) is 19.4 Å². The fraction of sp³-hybridized carbons (Fsp3) is 0.300. The number of halogens is 1. The van der Waals surface area contributed by atoms with Gasteiger partial charge in [-0.25, -0.2) is 0 Å². The number of anilines is 2. The van der Waals surface area contributed by atoms with E-state index < -0.39 is 17.2 Å². The van der Waals surface area contributed by atoms with Gasteiger partial charge in [0.1, 0.15) is 5.41 Å². The fourth-order valence-electron chi connectivity index (χ4n) is 2.35. The van der Waals surface area contributed by atoms with E-state index in [-0.39, 0.29) is 0 Å². The lowest BCUT2D eigenvalue weighted by Gasteiger charge is -2.23. The Morgan fingerprint density at radius 2 is 1.56 bits per heavy atom. The standard InChI is InChI=1S/C20H23ClN2O4/c1-12-10-13(21)6-8-15(12)23-19(25)20(2,3)18(24)22-14-7-9-16(26-4)17(11-14)27-5/h6-11H,1-5H3,(H,22,24)(H,23,25). The van der Waals surface area contributed by atoms with Crippen molar-refractivity contribution in [3.63, 3.8) is 0 Å². The quantitative estimate of drug-likeness (QED) is 0.722. The number of carbonyl (C=O) groups is 2. The van der Waals surface area contributed by atoms with Crippen molar-refractivity contribution >= 4 is 34.8 Å². The van der Waals surface area contributed by atoms with Crippen LogP contribution < -0.4 is 20.1 Å². The molecule has 7 heteroatoms. The molecule has 2 amide bonds. The molecule has 2 aromatic carbocycles. The lowest BCUT2D eigenvalue weighted by molar-refractivity contribution is -0.135. The lowest BCUT2D eigenvalue weighted by atomic mass is 9.90. The lowest BCUT2D eigenvalue weighted by Crippen LogP contribution is -2.41. The van der Waals surface area contributed by atoms with Gasteiger partial charge in [0, 0.05) is 22.5 Å². The molecule has 0 aliphatic heterocycles. The van der Waals surface area contributed by atoms with Crippen LogP contribution >= 0.6 is 11.6 Å². The number of aryl methyl sites for hydroxylation is 1. The number of nitrogens with one attached hydrogen (secondary N) is 2. The molecule has 0 aromatic heterocycles. The maximum absolute atomic E-state index is 12.7. The van der Waals surface area contributed by atoms with Crippen molar-refractivity contribution in [3.8, 4) is 11.5 Å². The number of methoxy groups -OCH3 is 2. The summed E-state index contributed by atoms with van der Waals surface area (Å²) in [6, 6.07) is 10.1. The Hall–Kier alpha value is -2.73. The van der Waals surface area contributed by atoms with E-state index in [0.29, 0.717) is 27.9 Å². The molecule has 2 rings (SSSR count). The molecule has 2 N–H and O–H groups in total. The maximum atomic E-state index is 12.7. The summed E-state index contributed by atoms with van der Waals surface area (Å²) in [5, 5.41) is 6.10. The van der Waals surface area contributed by atoms with Gasteiger partial charge < -0.3 is 20.1 Å². The fourth-order valence-corrected chi connectivity index (χ4v) is 2.58. The van der Waals surface area contributed by atoms with Gasteiger partial charge in [-0.05, 0) is 56.7 Å². The molecule has 0 spiro atoms. The van der Waals surface area contributed by atoms with Crippen LogP contribution in [0.3, 0.4) is 0 Å². The molecule has 0 bridgehead atoms. The highest BCUT2D eigenvalue weighted by Gasteiger charge is 2.36. The van der Waals surface area contributed by atoms with Gasteiger partial charge in [0.25, 0.3) is 0 Å². The summed E-state index contributed by atoms with van der Waals surface area (Å²) in [6.45, 7) is 4.95. The predicted octanol–water partition coefficient (Wildman–Crippen LogP) is 4.27. The first-order valence-electron chi connectivity index (χ1n) is 8.30. The van der Waals surface area contributed by atoms with E-state index in [0.717, 1.165) is 5.56 Å². The van der Waals surface area contributed by atoms with Crippen molar-refractivity contribution in [1.82, 2.24) is 0 Å². The van der Waals surface area contributed by atoms with Crippen molar-refractivity contribution in [1.29, 1.82) is 0 Å². The Kier molecular flexibility index (Phi) is 6.33. The van der Waals surface area contributed by atoms with Crippen molar-refractivity contribution in [3.05, 3.63) is 47.0 Å². The molecule has 0 atom stereocenters. The molecule has 0 aliphatic carbocycles. The third-order valence-electron chi connectivity index (χ3n) is 4.21. The third-order valence-corrected chi connectivity index (χ3v) is 4.45. The molecule has 0 unspecified atom stereocenters. The average molecular weight is 391 g/mol. The van der Waals surface area contributed by atoms with E-state index in [9.17, 15) is 9.59 Å². The number of carbonyl (C=O) groups excluding carboxylic acids is 2. The van der Waals surface area contributed by atoms with E-state index in [1.54, 1.807) is 50.2 Å². The zero-order chi connectivity index (χ0) is 20.2. The molecule has 2 aromatic rings. The molecular weight excluding hydrogens is 368 g/mol. The molecule has 144 valence electrons. The number of hydrogen-bond acceptors (Lipinski definition) is 4. The molecule has 0 fully saturated rings. The van der Waals surface area contributed by atoms with Crippen LogP contribution in [0, 0.1) is 12.3 Å². The molecule has 27 heavy (non-hydrogen) atoms. The first-order valence-corrected chi connectivity index (χ1v) is 8.68. The van der Waals surface area contributed by atoms with E-state index in [1.807, 2.05) is 6.92 Å². The first-order chi connectivity index (χ1) is 12.7. The van der Waals surface area contributed by atoms with Crippen LogP contribution in [0.25, 0.3) is 0 Å². The molecule has 0 radical (unpaired) electrons. The topological polar surface area (TPSA) is 76.7 Å². The highest BCUT2D eigenvalue weighted by atomic mass is 35.5. The van der Waals surface area contributed by atoms with Crippen LogP contribution in [0.5, 0.6) is 11.5 Å². The minimum absolute atomic E-state index is 0.425. The SMILES string of the molecule is COc1ccc(NC(=O)C(C)(C)C(=O)Nc2ccc(Cl)cc2C)cc1OC. The smallest absolute Gasteiger partial charge is 0.239 e. The van der Waals surface area contributed by atoms with Gasteiger partial charge in [-0.15, -0.1) is 0 Å². The summed E-state index contributed by atoms with van der Waals surface area (Å²) in [4.78, 5) is 25.4. The molecule has 0 saturated heterocycles. The van der Waals surface area contributed by atoms with Gasteiger partial charge >= 0.3 is 0 Å². The molecule has 6 nitrogen and oxygen atoms in total. The summed E-state index contributed by atoms with van der Waals surface area (Å²) in [7, 11) is 3.04. The van der Waals surface area contributed by atoms with Gasteiger partial charge in [0.05, 0.1) is 14.2 Å². The second-order valence-electron chi connectivity index (χ2n) is 6.56. The second-order valence-corrected chi connectivity index (χ2v) is 7.00. The third kappa shape index (κ3) is 4.71. The van der Waals surface area contributed by atoms with Crippen molar-refractivity contribution < 1.29 is 19.1 Å². The number of benzene rings is 2. The summed E-state index contributed by atoms with van der Waals surface area (Å²) >= 11 is 5.93. The Morgan fingerprint density at radius 1 is 0.926 bits per heavy atom. The van der Waals surface area contributed by atoms with Crippen molar-refractivity contribution in [2.45, 2.75) is 20.8 Å². The Morgan fingerprint density at radius 3 is 2.15 bits per heavy atom. The molecule has 0 saturated carbocycles. The van der Waals surface area contributed by atoms with Crippen LogP contribution in [0.2, 0.25) is 5.02 Å². The van der Waals surface area contributed by atoms with E-state index in [2.05, 4.69) is 10.6 Å². The minimum atomic E-state index is -1.31. The second kappa shape index (κ2) is 8.31. The van der Waals surface area contributed by atoms with Gasteiger partial charge in [0.15, 0.2) is 11.5 Å². The van der Waals surface area contributed by atoms with Crippen LogP contribution in [0.15, 0.2) is 36.4 Å². The van der Waals surface area contributed by atoms with E-state index >= 15 is 0 Å². The number of ether oxygens (including phenoxy) is 2. The molecular formula is C20H23ClN2O4. The van der Waals surface area contributed by atoms with E-state index in [4.69, 9.17) is 21.1 Å². The monoisotopic (exact) mass is 390 g/mol. The van der Waals surface area contributed by atoms with Gasteiger partial charge in [-0.3, -0.25) is 9.59 Å². The Labute approximate surface area is 163 Å². The van der Waals surface area contributed by atoms with Gasteiger partial charge in [-0.2, -0.15) is 0 Å². The Bertz CT molecular complexity index is 865. The average Bonchev–Trinajstić information content (AvgIpc) is 2.63. The number of hydrogen-bond donors (Lipinski definition) is 2. The predicted molar refractivity (Wildman–Crippen MR) is 107 cm³/mol. The summed E-state index contributed by atoms with van der Waals surface area (Å²) in [5.41, 5.74) is 0.615. The first kappa shape index (κ1) is 20.6. The highest BCUT2D eigenvalue weighted by Crippen LogP contribution is 2.31. The van der Waals surface area contributed by atoms with Crippen LogP contribution in [-0.4, -0.2) is 26.0 Å². The summed E-state index contributed by atoms with van der Waals surface area (Å²) in [5.74, 6) is 0.157. The highest BCUT2D eigenvalue weighted by molar-refractivity contribution is 6.30. The largest absolute Gasteiger partial charge is 0.493 e. The zero-order valence-corrected chi connectivity index (χ0v) is 16.7. The van der Waals surface area contributed by atoms with Crippen LogP contribution in [0.4, 0.5) is 11.4 Å². The van der Waals surface area contributed by atoms with Gasteiger partial charge in [-0.1, -0.05) is 11.6 Å². The number of amides is 2.